The molecule has 5 nitrogen and oxygen atoms in total. The molecule has 0 saturated carbocycles. The van der Waals surface area contributed by atoms with E-state index in [2.05, 4.69) is 10.6 Å². The zero-order chi connectivity index (χ0) is 17.4. The highest BCUT2D eigenvalue weighted by atomic mass is 19.1. The van der Waals surface area contributed by atoms with E-state index in [0.29, 0.717) is 17.9 Å². The van der Waals surface area contributed by atoms with Crippen LogP contribution in [0.3, 0.4) is 0 Å². The molecule has 0 aromatic heterocycles. The minimum atomic E-state index is -0.646. The fourth-order valence-electron chi connectivity index (χ4n) is 2.14. The van der Waals surface area contributed by atoms with Crippen molar-refractivity contribution >= 4 is 5.91 Å². The van der Waals surface area contributed by atoms with Crippen molar-refractivity contribution in [1.29, 1.82) is 0 Å². The molecule has 0 fully saturated rings. The van der Waals surface area contributed by atoms with E-state index in [4.69, 9.17) is 4.74 Å². The minimum absolute atomic E-state index is 0.160. The molecule has 0 aliphatic heterocycles. The number of nitrogens with one attached hydrogen (secondary N) is 2. The van der Waals surface area contributed by atoms with E-state index in [0.717, 1.165) is 5.56 Å². The summed E-state index contributed by atoms with van der Waals surface area (Å²) < 4.78 is 19.1. The number of rotatable bonds is 8. The lowest BCUT2D eigenvalue weighted by Crippen LogP contribution is -2.44. The molecule has 1 amide bonds. The van der Waals surface area contributed by atoms with Crippen molar-refractivity contribution in [1.82, 2.24) is 10.6 Å². The number of benzene rings is 2. The van der Waals surface area contributed by atoms with Gasteiger partial charge in [-0.25, -0.2) is 4.39 Å². The summed E-state index contributed by atoms with van der Waals surface area (Å²) in [7, 11) is 1.52. The van der Waals surface area contributed by atoms with E-state index < -0.39 is 6.04 Å². The van der Waals surface area contributed by atoms with Gasteiger partial charge in [0.25, 0.3) is 0 Å². The van der Waals surface area contributed by atoms with Crippen molar-refractivity contribution in [2.45, 2.75) is 19.2 Å². The van der Waals surface area contributed by atoms with Gasteiger partial charge in [-0.05, 0) is 23.8 Å². The normalized spacial score (nSPS) is 11.8. The molecule has 0 unspecified atom stereocenters. The Balaban J connectivity index is 1.86. The molecular formula is C18H21FN2O3. The molecule has 0 radical (unpaired) electrons. The van der Waals surface area contributed by atoms with Crippen molar-refractivity contribution in [3.63, 3.8) is 0 Å². The Hall–Kier alpha value is -2.44. The summed E-state index contributed by atoms with van der Waals surface area (Å²) in [6, 6.07) is 13.1. The highest BCUT2D eigenvalue weighted by Gasteiger charge is 2.14. The van der Waals surface area contributed by atoms with Gasteiger partial charge in [0.2, 0.25) is 5.91 Å². The van der Waals surface area contributed by atoms with Gasteiger partial charge in [-0.1, -0.05) is 30.3 Å². The number of ether oxygens (including phenoxy) is 1. The fourth-order valence-corrected chi connectivity index (χ4v) is 2.14. The van der Waals surface area contributed by atoms with Crippen LogP contribution in [0, 0.1) is 5.82 Å². The van der Waals surface area contributed by atoms with Gasteiger partial charge in [-0.15, -0.1) is 0 Å². The number of carbonyl (C=O) groups excluding carboxylic acids is 1. The molecule has 2 aromatic rings. The number of halogens is 1. The third-order valence-corrected chi connectivity index (χ3v) is 3.57. The topological polar surface area (TPSA) is 70.6 Å². The van der Waals surface area contributed by atoms with Crippen LogP contribution in [0.25, 0.3) is 0 Å². The number of aliphatic hydroxyl groups is 1. The summed E-state index contributed by atoms with van der Waals surface area (Å²) in [6.07, 6.45) is 0. The Labute approximate surface area is 140 Å². The SMILES string of the molecule is CNC(=O)[C@H](CO)NCc1ccc(OCc2ccccc2F)cc1. The number of amides is 1. The maximum Gasteiger partial charge on any atom is 0.239 e. The van der Waals surface area contributed by atoms with E-state index in [1.807, 2.05) is 12.1 Å². The lowest BCUT2D eigenvalue weighted by atomic mass is 10.2. The summed E-state index contributed by atoms with van der Waals surface area (Å²) in [5.41, 5.74) is 1.44. The summed E-state index contributed by atoms with van der Waals surface area (Å²) >= 11 is 0. The molecule has 0 heterocycles. The zero-order valence-corrected chi connectivity index (χ0v) is 13.5. The Bertz CT molecular complexity index is 662. The average Bonchev–Trinajstić information content (AvgIpc) is 2.62. The highest BCUT2D eigenvalue weighted by molar-refractivity contribution is 5.81. The van der Waals surface area contributed by atoms with Crippen LogP contribution in [0.2, 0.25) is 0 Å². The van der Waals surface area contributed by atoms with Gasteiger partial charge in [-0.2, -0.15) is 0 Å². The fraction of sp³-hybridized carbons (Fsp3) is 0.278. The molecule has 1 atom stereocenters. The summed E-state index contributed by atoms with van der Waals surface area (Å²) in [6.45, 7) is 0.323. The Kier molecular flexibility index (Phi) is 6.72. The molecule has 0 bridgehead atoms. The van der Waals surface area contributed by atoms with Crippen LogP contribution in [0.1, 0.15) is 11.1 Å². The third-order valence-electron chi connectivity index (χ3n) is 3.57. The van der Waals surface area contributed by atoms with Crippen molar-refractivity contribution in [3.8, 4) is 5.75 Å². The Morgan fingerprint density at radius 2 is 1.92 bits per heavy atom. The maximum atomic E-state index is 13.5. The molecule has 0 aliphatic rings. The molecule has 24 heavy (non-hydrogen) atoms. The standard InChI is InChI=1S/C18H21FN2O3/c1-20-18(23)17(11-22)21-10-13-6-8-15(9-7-13)24-12-14-4-2-3-5-16(14)19/h2-9,17,21-22H,10-12H2,1H3,(H,20,23)/t17-/m0/s1. The van der Waals surface area contributed by atoms with E-state index in [-0.39, 0.29) is 24.9 Å². The van der Waals surface area contributed by atoms with Gasteiger partial charge >= 0.3 is 0 Å². The van der Waals surface area contributed by atoms with E-state index in [9.17, 15) is 14.3 Å². The second kappa shape index (κ2) is 9.00. The van der Waals surface area contributed by atoms with Crippen molar-refractivity contribution < 1.29 is 19.0 Å². The minimum Gasteiger partial charge on any atom is -0.489 e. The van der Waals surface area contributed by atoms with Crippen LogP contribution >= 0.6 is 0 Å². The molecule has 6 heteroatoms. The van der Waals surface area contributed by atoms with Gasteiger partial charge in [0.15, 0.2) is 0 Å². The van der Waals surface area contributed by atoms with E-state index >= 15 is 0 Å². The second-order valence-corrected chi connectivity index (χ2v) is 5.25. The van der Waals surface area contributed by atoms with Crippen LogP contribution in [-0.4, -0.2) is 30.7 Å². The molecule has 3 N–H and O–H groups in total. The molecule has 0 aliphatic carbocycles. The van der Waals surface area contributed by atoms with Gasteiger partial charge < -0.3 is 15.2 Å². The summed E-state index contributed by atoms with van der Waals surface area (Å²) in [4.78, 5) is 11.5. The van der Waals surface area contributed by atoms with Crippen LogP contribution < -0.4 is 15.4 Å². The maximum absolute atomic E-state index is 13.5. The lowest BCUT2D eigenvalue weighted by Gasteiger charge is -2.14. The number of carbonyl (C=O) groups is 1. The van der Waals surface area contributed by atoms with Crippen LogP contribution in [0.5, 0.6) is 5.75 Å². The highest BCUT2D eigenvalue weighted by Crippen LogP contribution is 2.15. The molecule has 2 aromatic carbocycles. The van der Waals surface area contributed by atoms with Gasteiger partial charge in [0.05, 0.1) is 6.61 Å². The van der Waals surface area contributed by atoms with Gasteiger partial charge in [0, 0.05) is 19.2 Å². The quantitative estimate of drug-likeness (QED) is 0.687. The lowest BCUT2D eigenvalue weighted by molar-refractivity contribution is -0.123. The smallest absolute Gasteiger partial charge is 0.239 e. The predicted molar refractivity (Wildman–Crippen MR) is 89.0 cm³/mol. The van der Waals surface area contributed by atoms with Crippen molar-refractivity contribution in [2.24, 2.45) is 0 Å². The number of hydrogen-bond donors (Lipinski definition) is 3. The van der Waals surface area contributed by atoms with Crippen LogP contribution in [0.4, 0.5) is 4.39 Å². The van der Waals surface area contributed by atoms with E-state index in [1.165, 1.54) is 13.1 Å². The first kappa shape index (κ1) is 17.9. The molecular weight excluding hydrogens is 311 g/mol. The predicted octanol–water partition coefficient (Wildman–Crippen LogP) is 1.60. The van der Waals surface area contributed by atoms with E-state index in [1.54, 1.807) is 30.3 Å². The molecule has 128 valence electrons. The Morgan fingerprint density at radius 1 is 1.21 bits per heavy atom. The van der Waals surface area contributed by atoms with Crippen LogP contribution in [0.15, 0.2) is 48.5 Å². The summed E-state index contributed by atoms with van der Waals surface area (Å²) in [5.74, 6) is 0.0805. The number of hydrogen-bond acceptors (Lipinski definition) is 4. The second-order valence-electron chi connectivity index (χ2n) is 5.25. The van der Waals surface area contributed by atoms with Crippen LogP contribution in [-0.2, 0) is 17.9 Å². The van der Waals surface area contributed by atoms with Crippen molar-refractivity contribution in [3.05, 3.63) is 65.5 Å². The third kappa shape index (κ3) is 5.04. The van der Waals surface area contributed by atoms with Gasteiger partial charge in [-0.3, -0.25) is 10.1 Å². The zero-order valence-electron chi connectivity index (χ0n) is 13.5. The monoisotopic (exact) mass is 332 g/mol. The molecule has 0 spiro atoms. The first-order valence-corrected chi connectivity index (χ1v) is 7.65. The molecule has 0 saturated heterocycles. The number of aliphatic hydroxyl groups excluding tert-OH is 1. The average molecular weight is 332 g/mol. The first-order valence-electron chi connectivity index (χ1n) is 7.65. The largest absolute Gasteiger partial charge is 0.489 e. The molecule has 2 rings (SSSR count). The number of likely N-dealkylation sites (N-methyl/N-ethyl adjacent to an activating group) is 1. The van der Waals surface area contributed by atoms with Gasteiger partial charge in [0.1, 0.15) is 24.2 Å². The first-order chi connectivity index (χ1) is 11.6. The summed E-state index contributed by atoms with van der Waals surface area (Å²) in [5, 5.41) is 14.6. The Morgan fingerprint density at radius 3 is 2.54 bits per heavy atom. The van der Waals surface area contributed by atoms with Crippen molar-refractivity contribution in [2.75, 3.05) is 13.7 Å².